The van der Waals surface area contributed by atoms with Gasteiger partial charge in [-0.1, -0.05) is 6.07 Å². The third kappa shape index (κ3) is 2.47. The van der Waals surface area contributed by atoms with Crippen LogP contribution in [0.5, 0.6) is 11.5 Å². The summed E-state index contributed by atoms with van der Waals surface area (Å²) in [5, 5.41) is 15.2. The number of aliphatic hydroxyl groups excluding tert-OH is 1. The van der Waals surface area contributed by atoms with Crippen molar-refractivity contribution in [2.45, 2.75) is 25.4 Å². The molecule has 0 aliphatic carbocycles. The lowest BCUT2D eigenvalue weighted by Gasteiger charge is -2.37. The Morgan fingerprint density at radius 2 is 2.04 bits per heavy atom. The van der Waals surface area contributed by atoms with E-state index in [1.807, 2.05) is 41.8 Å². The molecule has 7 heteroatoms. The number of β-amino-alcohol motifs (C(OH)–C–C–N with tert-alkyl or cyclic N) is 1. The van der Waals surface area contributed by atoms with E-state index in [4.69, 9.17) is 9.47 Å². The van der Waals surface area contributed by atoms with E-state index in [9.17, 15) is 5.11 Å². The van der Waals surface area contributed by atoms with Crippen LogP contribution in [0.15, 0.2) is 36.5 Å². The minimum atomic E-state index is -0.469. The second kappa shape index (κ2) is 5.88. The normalized spacial score (nSPS) is 22.2. The van der Waals surface area contributed by atoms with Crippen molar-refractivity contribution >= 4 is 11.5 Å². The summed E-state index contributed by atoms with van der Waals surface area (Å²) in [5.74, 6) is 2.59. The molecule has 0 spiro atoms. The molecule has 2 atom stereocenters. The molecular weight excluding hydrogens is 332 g/mol. The van der Waals surface area contributed by atoms with Gasteiger partial charge in [0.1, 0.15) is 5.82 Å². The van der Waals surface area contributed by atoms with Crippen molar-refractivity contribution in [2.24, 2.45) is 0 Å². The minimum Gasteiger partial charge on any atom is -0.454 e. The van der Waals surface area contributed by atoms with E-state index in [1.165, 1.54) is 0 Å². The van der Waals surface area contributed by atoms with Gasteiger partial charge in [-0.05, 0) is 31.0 Å². The third-order valence-corrected chi connectivity index (χ3v) is 5.20. The summed E-state index contributed by atoms with van der Waals surface area (Å²) in [4.78, 5) is 6.67. The topological polar surface area (TPSA) is 72.1 Å². The quantitative estimate of drug-likeness (QED) is 0.762. The lowest BCUT2D eigenvalue weighted by atomic mass is 9.87. The molecule has 1 aromatic carbocycles. The predicted molar refractivity (Wildman–Crippen MR) is 95.9 cm³/mol. The number of anilines is 1. The minimum absolute atomic E-state index is 0.0804. The van der Waals surface area contributed by atoms with E-state index < -0.39 is 6.10 Å². The monoisotopic (exact) mass is 352 g/mol. The molecule has 2 aromatic heterocycles. The molecular formula is C19H20N4O3. The fourth-order valence-electron chi connectivity index (χ4n) is 3.92. The Hall–Kier alpha value is -2.80. The largest absolute Gasteiger partial charge is 0.454 e. The summed E-state index contributed by atoms with van der Waals surface area (Å²) in [5.41, 5.74) is 2.87. The highest BCUT2D eigenvalue weighted by atomic mass is 16.7. The van der Waals surface area contributed by atoms with Crippen molar-refractivity contribution in [1.29, 1.82) is 0 Å². The molecule has 1 N–H and O–H groups in total. The number of ether oxygens (including phenoxy) is 2. The first-order valence-electron chi connectivity index (χ1n) is 8.83. The average Bonchev–Trinajstić information content (AvgIpc) is 3.29. The summed E-state index contributed by atoms with van der Waals surface area (Å²) in [7, 11) is 0. The maximum absolute atomic E-state index is 10.8. The Bertz CT molecular complexity index is 971. The van der Waals surface area contributed by atoms with Crippen LogP contribution in [0, 0.1) is 6.92 Å². The SMILES string of the molecule is Cc1cc(N2CC[C@@H](c3ccc4c(c3)OCO4)[C@H](O)C2)n2nccc2n1. The van der Waals surface area contributed by atoms with Crippen molar-refractivity contribution in [1.82, 2.24) is 14.6 Å². The van der Waals surface area contributed by atoms with Crippen LogP contribution in [-0.4, -0.2) is 45.7 Å². The maximum Gasteiger partial charge on any atom is 0.231 e. The molecule has 4 heterocycles. The molecule has 1 fully saturated rings. The van der Waals surface area contributed by atoms with Crippen LogP contribution in [0.3, 0.4) is 0 Å². The van der Waals surface area contributed by atoms with Gasteiger partial charge in [0.2, 0.25) is 6.79 Å². The molecule has 0 radical (unpaired) electrons. The van der Waals surface area contributed by atoms with Crippen molar-refractivity contribution in [3.8, 4) is 11.5 Å². The lowest BCUT2D eigenvalue weighted by Crippen LogP contribution is -2.43. The van der Waals surface area contributed by atoms with Gasteiger partial charge in [-0.3, -0.25) is 0 Å². The second-order valence-electron chi connectivity index (χ2n) is 6.88. The highest BCUT2D eigenvalue weighted by molar-refractivity contribution is 5.52. The molecule has 3 aromatic rings. The molecule has 2 aliphatic rings. The van der Waals surface area contributed by atoms with Gasteiger partial charge in [0, 0.05) is 36.8 Å². The summed E-state index contributed by atoms with van der Waals surface area (Å²) in [6.45, 7) is 3.64. The van der Waals surface area contributed by atoms with Crippen LogP contribution in [0.25, 0.3) is 5.65 Å². The number of piperidine rings is 1. The summed E-state index contributed by atoms with van der Waals surface area (Å²) in [6, 6.07) is 9.86. The molecule has 5 rings (SSSR count). The Morgan fingerprint density at radius 3 is 2.92 bits per heavy atom. The van der Waals surface area contributed by atoms with E-state index in [0.29, 0.717) is 6.54 Å². The first kappa shape index (κ1) is 15.5. The van der Waals surface area contributed by atoms with Crippen molar-refractivity contribution < 1.29 is 14.6 Å². The van der Waals surface area contributed by atoms with Gasteiger partial charge in [-0.25, -0.2) is 4.98 Å². The average molecular weight is 352 g/mol. The summed E-state index contributed by atoms with van der Waals surface area (Å²) in [6.07, 6.45) is 2.13. The zero-order chi connectivity index (χ0) is 17.7. The standard InChI is InChI=1S/C19H20N4O3/c1-12-8-19(23-18(21-12)4-6-20-23)22-7-5-14(15(24)10-22)13-2-3-16-17(9-13)26-11-25-16/h2-4,6,8-9,14-15,24H,5,7,10-11H2,1H3/t14-,15+/m0/s1. The van der Waals surface area contributed by atoms with E-state index in [2.05, 4.69) is 15.0 Å². The Balaban J connectivity index is 1.41. The first-order valence-corrected chi connectivity index (χ1v) is 8.83. The molecule has 0 amide bonds. The van der Waals surface area contributed by atoms with Crippen LogP contribution in [0.1, 0.15) is 23.6 Å². The summed E-state index contributed by atoms with van der Waals surface area (Å²) >= 11 is 0. The van der Waals surface area contributed by atoms with E-state index >= 15 is 0 Å². The fraction of sp³-hybridized carbons (Fsp3) is 0.368. The molecule has 134 valence electrons. The highest BCUT2D eigenvalue weighted by Gasteiger charge is 2.31. The van der Waals surface area contributed by atoms with Crippen molar-refractivity contribution in [2.75, 3.05) is 24.8 Å². The first-order chi connectivity index (χ1) is 12.7. The van der Waals surface area contributed by atoms with Crippen LogP contribution in [0.2, 0.25) is 0 Å². The Labute approximate surface area is 150 Å². The Kier molecular flexibility index (Phi) is 3.49. The number of fused-ring (bicyclic) bond motifs is 2. The molecule has 1 saturated heterocycles. The number of nitrogens with zero attached hydrogens (tertiary/aromatic N) is 4. The zero-order valence-electron chi connectivity index (χ0n) is 14.5. The van der Waals surface area contributed by atoms with Gasteiger partial charge < -0.3 is 19.5 Å². The summed E-state index contributed by atoms with van der Waals surface area (Å²) < 4.78 is 12.7. The molecule has 0 bridgehead atoms. The van der Waals surface area contributed by atoms with Gasteiger partial charge in [0.15, 0.2) is 17.1 Å². The smallest absolute Gasteiger partial charge is 0.231 e. The zero-order valence-corrected chi connectivity index (χ0v) is 14.5. The molecule has 7 nitrogen and oxygen atoms in total. The number of aryl methyl sites for hydroxylation is 1. The molecule has 2 aliphatic heterocycles. The number of hydrogen-bond donors (Lipinski definition) is 1. The van der Waals surface area contributed by atoms with E-state index in [0.717, 1.165) is 47.2 Å². The van der Waals surface area contributed by atoms with Crippen LogP contribution in [-0.2, 0) is 0 Å². The van der Waals surface area contributed by atoms with E-state index in [-0.39, 0.29) is 12.7 Å². The lowest BCUT2D eigenvalue weighted by molar-refractivity contribution is 0.129. The van der Waals surface area contributed by atoms with Crippen molar-refractivity contribution in [3.05, 3.63) is 47.8 Å². The number of aromatic nitrogens is 3. The van der Waals surface area contributed by atoms with Gasteiger partial charge in [-0.15, -0.1) is 0 Å². The van der Waals surface area contributed by atoms with Crippen LogP contribution < -0.4 is 14.4 Å². The predicted octanol–water partition coefficient (Wildman–Crippen LogP) is 2.12. The van der Waals surface area contributed by atoms with Crippen molar-refractivity contribution in [3.63, 3.8) is 0 Å². The maximum atomic E-state index is 10.8. The third-order valence-electron chi connectivity index (χ3n) is 5.20. The Morgan fingerprint density at radius 1 is 1.15 bits per heavy atom. The molecule has 0 saturated carbocycles. The van der Waals surface area contributed by atoms with Gasteiger partial charge in [0.25, 0.3) is 0 Å². The second-order valence-corrected chi connectivity index (χ2v) is 6.88. The van der Waals surface area contributed by atoms with Crippen LogP contribution in [0.4, 0.5) is 5.82 Å². The molecule has 0 unspecified atom stereocenters. The number of benzene rings is 1. The number of aliphatic hydroxyl groups is 1. The number of rotatable bonds is 2. The fourth-order valence-corrected chi connectivity index (χ4v) is 3.92. The van der Waals surface area contributed by atoms with Gasteiger partial charge in [-0.2, -0.15) is 9.61 Å². The van der Waals surface area contributed by atoms with Crippen LogP contribution >= 0.6 is 0 Å². The van der Waals surface area contributed by atoms with Gasteiger partial charge in [0.05, 0.1) is 12.3 Å². The van der Waals surface area contributed by atoms with Gasteiger partial charge >= 0.3 is 0 Å². The number of hydrogen-bond acceptors (Lipinski definition) is 6. The van der Waals surface area contributed by atoms with E-state index in [1.54, 1.807) is 6.20 Å². The highest BCUT2D eigenvalue weighted by Crippen LogP contribution is 2.38. The molecule has 26 heavy (non-hydrogen) atoms.